The minimum absolute atomic E-state index is 0.131. The number of fused-ring (bicyclic) bond motifs is 1. The fourth-order valence-electron chi connectivity index (χ4n) is 2.57. The van der Waals surface area contributed by atoms with Gasteiger partial charge in [-0.15, -0.1) is 0 Å². The molecule has 0 N–H and O–H groups in total. The van der Waals surface area contributed by atoms with Gasteiger partial charge in [-0.2, -0.15) is 0 Å². The lowest BCUT2D eigenvalue weighted by atomic mass is 10.1. The van der Waals surface area contributed by atoms with Crippen molar-refractivity contribution >= 4 is 12.0 Å². The molecule has 0 radical (unpaired) electrons. The molecule has 1 aliphatic rings. The van der Waals surface area contributed by atoms with Crippen LogP contribution in [-0.4, -0.2) is 37.6 Å². The van der Waals surface area contributed by atoms with Gasteiger partial charge in [0.15, 0.2) is 11.6 Å². The van der Waals surface area contributed by atoms with Crippen molar-refractivity contribution in [2.24, 2.45) is 0 Å². The molecule has 5 heteroatoms. The number of nitrogens with zero attached hydrogens (tertiary/aromatic N) is 1. The predicted octanol–water partition coefficient (Wildman–Crippen LogP) is 3.31. The summed E-state index contributed by atoms with van der Waals surface area (Å²) in [6.45, 7) is 1.31. The number of likely N-dealkylation sites (N-methyl/N-ethyl adjacent to an activating group) is 1. The lowest BCUT2D eigenvalue weighted by molar-refractivity contribution is -0.125. The summed E-state index contributed by atoms with van der Waals surface area (Å²) in [4.78, 5) is 13.7. The Balaban J connectivity index is 1.49. The highest BCUT2D eigenvalue weighted by Crippen LogP contribution is 2.26. The maximum Gasteiger partial charge on any atom is 0.246 e. The molecular weight excluding hydrogens is 321 g/mol. The molecule has 1 amide bonds. The first-order valence-corrected chi connectivity index (χ1v) is 8.20. The monoisotopic (exact) mass is 341 g/mol. The molecule has 2 aromatic rings. The van der Waals surface area contributed by atoms with E-state index in [1.165, 1.54) is 22.6 Å². The van der Waals surface area contributed by atoms with E-state index in [0.29, 0.717) is 13.2 Å². The molecule has 4 nitrogen and oxygen atoms in total. The molecule has 130 valence electrons. The summed E-state index contributed by atoms with van der Waals surface area (Å²) in [5.74, 6) is 0.580. The average molecular weight is 341 g/mol. The summed E-state index contributed by atoms with van der Waals surface area (Å²) in [7, 11) is 1.69. The number of hydrogen-bond donors (Lipinski definition) is 0. The molecule has 0 fully saturated rings. The van der Waals surface area contributed by atoms with Gasteiger partial charge in [0.05, 0.1) is 13.2 Å². The topological polar surface area (TPSA) is 38.8 Å². The van der Waals surface area contributed by atoms with Crippen LogP contribution >= 0.6 is 0 Å². The quantitative estimate of drug-likeness (QED) is 0.757. The highest BCUT2D eigenvalue weighted by molar-refractivity contribution is 5.91. The SMILES string of the molecule is CN(CCOc1ccccc1F)C(=O)/C=C/c1ccc2c(c1)CCO2. The van der Waals surface area contributed by atoms with Crippen LogP contribution in [0.3, 0.4) is 0 Å². The molecule has 0 aromatic heterocycles. The van der Waals surface area contributed by atoms with Crippen molar-refractivity contribution in [3.63, 3.8) is 0 Å². The third-order valence-electron chi connectivity index (χ3n) is 4.03. The van der Waals surface area contributed by atoms with Gasteiger partial charge in [0.1, 0.15) is 12.4 Å². The van der Waals surface area contributed by atoms with E-state index in [-0.39, 0.29) is 18.3 Å². The van der Waals surface area contributed by atoms with Crippen molar-refractivity contribution in [2.75, 3.05) is 26.8 Å². The first kappa shape index (κ1) is 17.0. The number of benzene rings is 2. The van der Waals surface area contributed by atoms with Gasteiger partial charge in [-0.25, -0.2) is 4.39 Å². The molecule has 0 spiro atoms. The molecule has 2 aromatic carbocycles. The zero-order chi connectivity index (χ0) is 17.6. The number of hydrogen-bond acceptors (Lipinski definition) is 3. The zero-order valence-corrected chi connectivity index (χ0v) is 14.1. The second-order valence-electron chi connectivity index (χ2n) is 5.84. The van der Waals surface area contributed by atoms with Crippen molar-refractivity contribution in [1.29, 1.82) is 0 Å². The van der Waals surface area contributed by atoms with Crippen molar-refractivity contribution < 1.29 is 18.7 Å². The fourth-order valence-corrected chi connectivity index (χ4v) is 2.57. The van der Waals surface area contributed by atoms with Crippen LogP contribution in [0.1, 0.15) is 11.1 Å². The summed E-state index contributed by atoms with van der Waals surface area (Å²) in [5.41, 5.74) is 2.13. The third kappa shape index (κ3) is 4.38. The lowest BCUT2D eigenvalue weighted by Gasteiger charge is -2.15. The third-order valence-corrected chi connectivity index (χ3v) is 4.03. The maximum absolute atomic E-state index is 13.5. The largest absolute Gasteiger partial charge is 0.493 e. The standard InChI is InChI=1S/C20H20FNO3/c1-22(11-13-25-19-5-3-2-4-17(19)21)20(23)9-7-15-6-8-18-16(14-15)10-12-24-18/h2-9,14H,10-13H2,1H3/b9-7+. The van der Waals surface area contributed by atoms with Gasteiger partial charge < -0.3 is 14.4 Å². The average Bonchev–Trinajstić information content (AvgIpc) is 3.09. The molecule has 1 aliphatic heterocycles. The van der Waals surface area contributed by atoms with Gasteiger partial charge in [-0.3, -0.25) is 4.79 Å². The Labute approximate surface area is 146 Å². The van der Waals surface area contributed by atoms with Gasteiger partial charge >= 0.3 is 0 Å². The summed E-state index contributed by atoms with van der Waals surface area (Å²) >= 11 is 0. The van der Waals surface area contributed by atoms with Crippen LogP contribution in [0.4, 0.5) is 4.39 Å². The molecule has 0 atom stereocenters. The molecule has 25 heavy (non-hydrogen) atoms. The Morgan fingerprint density at radius 3 is 3.00 bits per heavy atom. The van der Waals surface area contributed by atoms with E-state index in [1.54, 1.807) is 31.3 Å². The summed E-state index contributed by atoms with van der Waals surface area (Å²) < 4.78 is 24.3. The van der Waals surface area contributed by atoms with Crippen molar-refractivity contribution in [2.45, 2.75) is 6.42 Å². The molecular formula is C20H20FNO3. The van der Waals surface area contributed by atoms with Gasteiger partial charge in [0, 0.05) is 19.5 Å². The first-order chi connectivity index (χ1) is 12.1. The number of carbonyl (C=O) groups is 1. The van der Waals surface area contributed by atoms with E-state index in [4.69, 9.17) is 9.47 Å². The van der Waals surface area contributed by atoms with Gasteiger partial charge in [-0.1, -0.05) is 18.2 Å². The summed E-state index contributed by atoms with van der Waals surface area (Å²) in [6, 6.07) is 12.1. The Morgan fingerprint density at radius 1 is 1.32 bits per heavy atom. The van der Waals surface area contributed by atoms with Crippen LogP contribution in [0.25, 0.3) is 6.08 Å². The number of rotatable bonds is 6. The minimum atomic E-state index is -0.406. The highest BCUT2D eigenvalue weighted by Gasteiger charge is 2.11. The smallest absolute Gasteiger partial charge is 0.246 e. The van der Waals surface area contributed by atoms with Crippen LogP contribution in [0.2, 0.25) is 0 Å². The Kier molecular flexibility index (Phi) is 5.33. The number of ether oxygens (including phenoxy) is 2. The second-order valence-corrected chi connectivity index (χ2v) is 5.84. The van der Waals surface area contributed by atoms with E-state index in [2.05, 4.69) is 0 Å². The number of carbonyl (C=O) groups excluding carboxylic acids is 1. The molecule has 0 saturated carbocycles. The van der Waals surface area contributed by atoms with Crippen molar-refractivity contribution in [3.05, 3.63) is 65.5 Å². The van der Waals surface area contributed by atoms with Gasteiger partial charge in [-0.05, 0) is 41.5 Å². The second kappa shape index (κ2) is 7.83. The van der Waals surface area contributed by atoms with Crippen LogP contribution in [0.5, 0.6) is 11.5 Å². The van der Waals surface area contributed by atoms with Crippen LogP contribution < -0.4 is 9.47 Å². The van der Waals surface area contributed by atoms with Crippen LogP contribution in [-0.2, 0) is 11.2 Å². The fraction of sp³-hybridized carbons (Fsp3) is 0.250. The van der Waals surface area contributed by atoms with E-state index >= 15 is 0 Å². The highest BCUT2D eigenvalue weighted by atomic mass is 19.1. The first-order valence-electron chi connectivity index (χ1n) is 8.20. The molecule has 0 saturated heterocycles. The Morgan fingerprint density at radius 2 is 2.16 bits per heavy atom. The number of para-hydroxylation sites is 1. The molecule has 1 heterocycles. The van der Waals surface area contributed by atoms with Crippen molar-refractivity contribution in [3.8, 4) is 11.5 Å². The van der Waals surface area contributed by atoms with E-state index < -0.39 is 5.82 Å². The van der Waals surface area contributed by atoms with Gasteiger partial charge in [0.25, 0.3) is 0 Å². The van der Waals surface area contributed by atoms with Gasteiger partial charge in [0.2, 0.25) is 5.91 Å². The van der Waals surface area contributed by atoms with Crippen LogP contribution in [0.15, 0.2) is 48.5 Å². The van der Waals surface area contributed by atoms with E-state index in [1.807, 2.05) is 18.2 Å². The van der Waals surface area contributed by atoms with Crippen LogP contribution in [0, 0.1) is 5.82 Å². The van der Waals surface area contributed by atoms with E-state index in [0.717, 1.165) is 17.7 Å². The zero-order valence-electron chi connectivity index (χ0n) is 14.1. The number of halogens is 1. The minimum Gasteiger partial charge on any atom is -0.493 e. The van der Waals surface area contributed by atoms with E-state index in [9.17, 15) is 9.18 Å². The van der Waals surface area contributed by atoms with Crippen molar-refractivity contribution in [1.82, 2.24) is 4.90 Å². The summed E-state index contributed by atoms with van der Waals surface area (Å²) in [5, 5.41) is 0. The predicted molar refractivity (Wildman–Crippen MR) is 94.2 cm³/mol. The Hall–Kier alpha value is -2.82. The molecule has 3 rings (SSSR count). The lowest BCUT2D eigenvalue weighted by Crippen LogP contribution is -2.29. The molecule has 0 unspecified atom stereocenters. The molecule has 0 aliphatic carbocycles. The molecule has 0 bridgehead atoms. The number of amides is 1. The summed E-state index contributed by atoms with van der Waals surface area (Å²) in [6.07, 6.45) is 4.22. The Bertz CT molecular complexity index is 788. The maximum atomic E-state index is 13.5. The normalized spacial score (nSPS) is 12.7.